The van der Waals surface area contributed by atoms with Crippen LogP contribution in [0.15, 0.2) is 12.2 Å². The van der Waals surface area contributed by atoms with Gasteiger partial charge in [-0.3, -0.25) is 0 Å². The number of carbonyl (C=O) groups excluding carboxylic acids is 1. The van der Waals surface area contributed by atoms with Crippen LogP contribution in [-0.4, -0.2) is 51.7 Å². The van der Waals surface area contributed by atoms with Crippen molar-refractivity contribution in [2.24, 2.45) is 0 Å². The molecule has 2 saturated heterocycles. The fourth-order valence-electron chi connectivity index (χ4n) is 0.896. The van der Waals surface area contributed by atoms with Crippen molar-refractivity contribution < 1.29 is 23.7 Å². The van der Waals surface area contributed by atoms with Crippen molar-refractivity contribution in [3.05, 3.63) is 12.2 Å². The van der Waals surface area contributed by atoms with Gasteiger partial charge >= 0.3 is 5.97 Å². The first-order valence-electron chi connectivity index (χ1n) is 5.30. The van der Waals surface area contributed by atoms with E-state index in [0.717, 1.165) is 26.4 Å². The van der Waals surface area contributed by atoms with Crippen LogP contribution in [0.4, 0.5) is 0 Å². The van der Waals surface area contributed by atoms with Crippen molar-refractivity contribution in [2.75, 3.05) is 39.6 Å². The minimum absolute atomic E-state index is 0.142. The highest BCUT2D eigenvalue weighted by atomic mass is 16.6. The smallest absolute Gasteiger partial charge is 0.333 e. The second-order valence-corrected chi connectivity index (χ2v) is 3.56. The summed E-state index contributed by atoms with van der Waals surface area (Å²) in [5.74, 6) is -0.337. The molecular formula is C11H18O5. The summed E-state index contributed by atoms with van der Waals surface area (Å²) in [5.41, 5.74) is 0.431. The van der Waals surface area contributed by atoms with Gasteiger partial charge in [-0.2, -0.15) is 0 Å². The van der Waals surface area contributed by atoms with Gasteiger partial charge in [-0.15, -0.1) is 0 Å². The summed E-state index contributed by atoms with van der Waals surface area (Å²) in [7, 11) is 0. The molecule has 0 N–H and O–H groups in total. The summed E-state index contributed by atoms with van der Waals surface area (Å²) in [5, 5.41) is 0. The Morgan fingerprint density at radius 3 is 2.12 bits per heavy atom. The number of epoxide rings is 1. The van der Waals surface area contributed by atoms with Gasteiger partial charge < -0.3 is 18.9 Å². The lowest BCUT2D eigenvalue weighted by atomic mass is 10.4. The van der Waals surface area contributed by atoms with Gasteiger partial charge in [-0.1, -0.05) is 6.58 Å². The predicted octanol–water partition coefficient (Wildman–Crippen LogP) is 0.538. The highest BCUT2D eigenvalue weighted by Gasteiger charge is 2.24. The van der Waals surface area contributed by atoms with Crippen molar-refractivity contribution in [3.8, 4) is 0 Å². The first kappa shape index (κ1) is 13.2. The van der Waals surface area contributed by atoms with Crippen molar-refractivity contribution in [3.63, 3.8) is 0 Å². The molecule has 2 aliphatic heterocycles. The Morgan fingerprint density at radius 1 is 1.31 bits per heavy atom. The summed E-state index contributed by atoms with van der Waals surface area (Å²) in [6.45, 7) is 9.25. The molecule has 0 saturated carbocycles. The first-order chi connectivity index (χ1) is 7.70. The molecule has 0 aromatic carbocycles. The lowest BCUT2D eigenvalue weighted by Crippen LogP contribution is -2.16. The summed E-state index contributed by atoms with van der Waals surface area (Å²) in [4.78, 5) is 10.7. The SMILES string of the molecule is C1COCCO1.C=C(C)C(=O)OCC1CO1. The molecule has 92 valence electrons. The number of carbonyl (C=O) groups is 1. The van der Waals surface area contributed by atoms with E-state index in [1.165, 1.54) is 0 Å². The number of ether oxygens (including phenoxy) is 4. The van der Waals surface area contributed by atoms with Gasteiger partial charge in [0.1, 0.15) is 12.7 Å². The highest BCUT2D eigenvalue weighted by molar-refractivity contribution is 5.86. The zero-order valence-electron chi connectivity index (χ0n) is 9.57. The van der Waals surface area contributed by atoms with Crippen LogP contribution in [0.3, 0.4) is 0 Å². The van der Waals surface area contributed by atoms with Crippen LogP contribution in [-0.2, 0) is 23.7 Å². The first-order valence-corrected chi connectivity index (χ1v) is 5.30. The Bertz CT molecular complexity index is 219. The number of hydrogen-bond acceptors (Lipinski definition) is 5. The quantitative estimate of drug-likeness (QED) is 0.402. The number of hydrogen-bond donors (Lipinski definition) is 0. The van der Waals surface area contributed by atoms with E-state index in [4.69, 9.17) is 18.9 Å². The standard InChI is InChI=1S/C7H10O3.C4H8O2/c1-5(2)7(8)10-4-6-3-9-6;1-2-6-4-3-5-1/h6H,1,3-4H2,2H3;1-4H2. The topological polar surface area (TPSA) is 57.3 Å². The van der Waals surface area contributed by atoms with Gasteiger partial charge in [0.25, 0.3) is 0 Å². The van der Waals surface area contributed by atoms with Gasteiger partial charge in [0.15, 0.2) is 0 Å². The van der Waals surface area contributed by atoms with Gasteiger partial charge in [0.2, 0.25) is 0 Å². The Labute approximate surface area is 95.3 Å². The zero-order valence-corrected chi connectivity index (χ0v) is 9.57. The summed E-state index contributed by atoms with van der Waals surface area (Å²) < 4.78 is 19.5. The summed E-state index contributed by atoms with van der Waals surface area (Å²) in [6.07, 6.45) is 0.142. The van der Waals surface area contributed by atoms with E-state index in [0.29, 0.717) is 18.8 Å². The van der Waals surface area contributed by atoms with E-state index < -0.39 is 0 Å². The molecule has 1 atom stereocenters. The molecule has 0 aromatic heterocycles. The molecule has 2 heterocycles. The average molecular weight is 230 g/mol. The normalized spacial score (nSPS) is 22.7. The van der Waals surface area contributed by atoms with E-state index in [-0.39, 0.29) is 12.1 Å². The molecule has 0 spiro atoms. The molecule has 2 aliphatic rings. The van der Waals surface area contributed by atoms with Gasteiger partial charge in [-0.25, -0.2) is 4.79 Å². The maximum absolute atomic E-state index is 10.7. The van der Waals surface area contributed by atoms with E-state index in [9.17, 15) is 4.79 Å². The Balaban J connectivity index is 0.000000181. The average Bonchev–Trinajstić information content (AvgIpc) is 3.13. The fourth-order valence-corrected chi connectivity index (χ4v) is 0.896. The van der Waals surface area contributed by atoms with Crippen LogP contribution in [0.25, 0.3) is 0 Å². The second kappa shape index (κ2) is 7.38. The van der Waals surface area contributed by atoms with Crippen LogP contribution < -0.4 is 0 Å². The predicted molar refractivity (Wildman–Crippen MR) is 57.2 cm³/mol. The van der Waals surface area contributed by atoms with E-state index >= 15 is 0 Å². The van der Waals surface area contributed by atoms with Gasteiger partial charge in [0, 0.05) is 5.57 Å². The molecule has 0 aliphatic carbocycles. The Morgan fingerprint density at radius 2 is 1.81 bits per heavy atom. The van der Waals surface area contributed by atoms with Crippen LogP contribution in [0, 0.1) is 0 Å². The van der Waals surface area contributed by atoms with E-state index in [1.54, 1.807) is 6.92 Å². The van der Waals surface area contributed by atoms with Crippen molar-refractivity contribution in [1.29, 1.82) is 0 Å². The molecule has 0 radical (unpaired) electrons. The molecular weight excluding hydrogens is 212 g/mol. The van der Waals surface area contributed by atoms with E-state index in [1.807, 2.05) is 0 Å². The van der Waals surface area contributed by atoms with Crippen molar-refractivity contribution >= 4 is 5.97 Å². The maximum Gasteiger partial charge on any atom is 0.333 e. The van der Waals surface area contributed by atoms with Crippen LogP contribution in [0.2, 0.25) is 0 Å². The molecule has 5 nitrogen and oxygen atoms in total. The maximum atomic E-state index is 10.7. The molecule has 0 aromatic rings. The Hall–Kier alpha value is -0.910. The molecule has 16 heavy (non-hydrogen) atoms. The molecule has 0 amide bonds. The molecule has 0 bridgehead atoms. The number of rotatable bonds is 3. The van der Waals surface area contributed by atoms with Gasteiger partial charge in [-0.05, 0) is 6.92 Å². The molecule has 2 fully saturated rings. The van der Waals surface area contributed by atoms with Crippen molar-refractivity contribution in [1.82, 2.24) is 0 Å². The lowest BCUT2D eigenvalue weighted by molar-refractivity contribution is -0.139. The summed E-state index contributed by atoms with van der Waals surface area (Å²) >= 11 is 0. The van der Waals surface area contributed by atoms with Crippen LogP contribution in [0.5, 0.6) is 0 Å². The highest BCUT2D eigenvalue weighted by Crippen LogP contribution is 2.09. The minimum Gasteiger partial charge on any atom is -0.459 e. The van der Waals surface area contributed by atoms with Crippen LogP contribution >= 0.6 is 0 Å². The Kier molecular flexibility index (Phi) is 6.07. The van der Waals surface area contributed by atoms with Gasteiger partial charge in [0.05, 0.1) is 33.0 Å². The van der Waals surface area contributed by atoms with Crippen molar-refractivity contribution in [2.45, 2.75) is 13.0 Å². The van der Waals surface area contributed by atoms with Crippen LogP contribution in [0.1, 0.15) is 6.92 Å². The summed E-state index contributed by atoms with van der Waals surface area (Å²) in [6, 6.07) is 0. The second-order valence-electron chi connectivity index (χ2n) is 3.56. The minimum atomic E-state index is -0.337. The third kappa shape index (κ3) is 6.55. The molecule has 5 heteroatoms. The molecule has 1 unspecified atom stereocenters. The lowest BCUT2D eigenvalue weighted by Gasteiger charge is -2.09. The zero-order chi connectivity index (χ0) is 11.8. The largest absolute Gasteiger partial charge is 0.459 e. The third-order valence-electron chi connectivity index (χ3n) is 1.90. The number of esters is 1. The third-order valence-corrected chi connectivity index (χ3v) is 1.90. The molecule has 2 rings (SSSR count). The fraction of sp³-hybridized carbons (Fsp3) is 0.727. The monoisotopic (exact) mass is 230 g/mol. The van der Waals surface area contributed by atoms with E-state index in [2.05, 4.69) is 6.58 Å².